The summed E-state index contributed by atoms with van der Waals surface area (Å²) in [7, 11) is 0. The van der Waals surface area contributed by atoms with Gasteiger partial charge in [0.25, 0.3) is 0 Å². The van der Waals surface area contributed by atoms with Crippen molar-refractivity contribution in [2.24, 2.45) is 0 Å². The zero-order valence-corrected chi connectivity index (χ0v) is 18.5. The first-order valence-corrected chi connectivity index (χ1v) is 11.8. The van der Waals surface area contributed by atoms with Gasteiger partial charge >= 0.3 is 0 Å². The average molecular weight is 419 g/mol. The van der Waals surface area contributed by atoms with E-state index in [9.17, 15) is 10.2 Å². The molecule has 3 N–H and O–H groups in total. The van der Waals surface area contributed by atoms with Crippen LogP contribution >= 0.6 is 12.2 Å². The summed E-state index contributed by atoms with van der Waals surface area (Å²) >= 11 is 5.26. The highest BCUT2D eigenvalue weighted by molar-refractivity contribution is 7.80. The molecule has 0 aliphatic carbocycles. The minimum absolute atomic E-state index is 0.182. The topological polar surface area (TPSA) is 79.2 Å². The van der Waals surface area contributed by atoms with Crippen LogP contribution < -0.4 is 0 Å². The summed E-state index contributed by atoms with van der Waals surface area (Å²) in [6, 6.07) is 0. The molecule has 28 heavy (non-hydrogen) atoms. The predicted molar refractivity (Wildman–Crippen MR) is 117 cm³/mol. The molecular formula is C22H42O5S. The third-order valence-electron chi connectivity index (χ3n) is 5.50. The maximum absolute atomic E-state index is 10.1. The predicted octanol–water partition coefficient (Wildman–Crippen LogP) is 4.29. The number of aliphatic hydroxyl groups excluding tert-OH is 3. The summed E-state index contributed by atoms with van der Waals surface area (Å²) in [5.41, 5.74) is 0. The van der Waals surface area contributed by atoms with Crippen molar-refractivity contribution in [1.82, 2.24) is 0 Å². The third kappa shape index (κ3) is 11.1. The van der Waals surface area contributed by atoms with Crippen LogP contribution in [0.5, 0.6) is 0 Å². The lowest BCUT2D eigenvalue weighted by molar-refractivity contribution is -0.0679. The molecule has 0 aromatic carbocycles. The average Bonchev–Trinajstić information content (AvgIpc) is 3.05. The van der Waals surface area contributed by atoms with E-state index in [0.717, 1.165) is 12.8 Å². The lowest BCUT2D eigenvalue weighted by Gasteiger charge is -2.21. The highest BCUT2D eigenvalue weighted by Gasteiger charge is 2.41. The molecule has 0 radical (unpaired) electrons. The highest BCUT2D eigenvalue weighted by atomic mass is 32.1. The van der Waals surface area contributed by atoms with Crippen molar-refractivity contribution < 1.29 is 24.8 Å². The molecule has 0 aromatic rings. The van der Waals surface area contributed by atoms with Gasteiger partial charge in [-0.2, -0.15) is 0 Å². The number of unbranched alkanes of at least 4 members (excludes halogenated alkanes) is 12. The maximum atomic E-state index is 10.1. The Morgan fingerprint density at radius 3 is 1.96 bits per heavy atom. The van der Waals surface area contributed by atoms with Gasteiger partial charge in [-0.15, -0.1) is 0 Å². The molecule has 0 saturated carbocycles. The normalized spacial score (nSPS) is 23.1. The third-order valence-corrected chi connectivity index (χ3v) is 5.80. The molecule has 1 aliphatic heterocycles. The van der Waals surface area contributed by atoms with Crippen LogP contribution in [0, 0.1) is 0 Å². The van der Waals surface area contributed by atoms with Crippen LogP contribution in [0.3, 0.4) is 0 Å². The molecule has 0 unspecified atom stereocenters. The van der Waals surface area contributed by atoms with Crippen molar-refractivity contribution >= 4 is 17.3 Å². The van der Waals surface area contributed by atoms with Crippen LogP contribution in [-0.4, -0.2) is 58.0 Å². The van der Waals surface area contributed by atoms with Crippen LogP contribution in [0.25, 0.3) is 0 Å². The van der Waals surface area contributed by atoms with E-state index >= 15 is 0 Å². The molecule has 1 heterocycles. The molecule has 0 amide bonds. The molecule has 166 valence electrons. The SMILES string of the molecule is CCCCCCCCCCCCCCCC(=S)O[C@H]1CO[C@@H]([C@H](O)CO)[C@H]1O. The van der Waals surface area contributed by atoms with Gasteiger partial charge in [-0.25, -0.2) is 0 Å². The molecule has 1 aliphatic rings. The van der Waals surface area contributed by atoms with Gasteiger partial charge < -0.3 is 24.8 Å². The maximum Gasteiger partial charge on any atom is 0.160 e. The second-order valence-electron chi connectivity index (χ2n) is 8.06. The number of hydrogen-bond donors (Lipinski definition) is 3. The summed E-state index contributed by atoms with van der Waals surface area (Å²) in [6.07, 6.45) is 14.3. The number of thiocarbonyl (C=S) groups is 1. The molecule has 0 aromatic heterocycles. The fourth-order valence-corrected chi connectivity index (χ4v) is 3.94. The first kappa shape index (κ1) is 25.8. The van der Waals surface area contributed by atoms with Gasteiger partial charge in [0.05, 0.1) is 13.2 Å². The molecule has 0 spiro atoms. The first-order chi connectivity index (χ1) is 13.6. The lowest BCUT2D eigenvalue weighted by atomic mass is 10.0. The monoisotopic (exact) mass is 418 g/mol. The van der Waals surface area contributed by atoms with Crippen molar-refractivity contribution in [2.45, 2.75) is 121 Å². The Morgan fingerprint density at radius 1 is 0.964 bits per heavy atom. The van der Waals surface area contributed by atoms with Crippen molar-refractivity contribution in [1.29, 1.82) is 0 Å². The van der Waals surface area contributed by atoms with E-state index < -0.39 is 31.0 Å². The van der Waals surface area contributed by atoms with E-state index in [4.69, 9.17) is 26.8 Å². The second kappa shape index (κ2) is 16.5. The van der Waals surface area contributed by atoms with Crippen molar-refractivity contribution in [3.8, 4) is 0 Å². The van der Waals surface area contributed by atoms with Gasteiger partial charge in [-0.1, -0.05) is 84.0 Å². The first-order valence-electron chi connectivity index (χ1n) is 11.4. The zero-order valence-electron chi connectivity index (χ0n) is 17.7. The standard InChI is InChI=1S/C22H42O5S/c1-2-3-4-5-6-7-8-9-10-11-12-13-14-15-20(28)27-19-17-26-22(21(19)25)18(24)16-23/h18-19,21-25H,2-17H2,1H3/t18-,19+,21+,22+/m1/s1. The van der Waals surface area contributed by atoms with Gasteiger partial charge in [0, 0.05) is 6.42 Å². The Hall–Kier alpha value is -0.270. The Labute approximate surface area is 176 Å². The molecule has 1 rings (SSSR count). The Balaban J connectivity index is 1.92. The van der Waals surface area contributed by atoms with Gasteiger partial charge in [-0.3, -0.25) is 0 Å². The van der Waals surface area contributed by atoms with Gasteiger partial charge in [0.15, 0.2) is 11.2 Å². The molecule has 4 atom stereocenters. The fraction of sp³-hybridized carbons (Fsp3) is 0.955. The largest absolute Gasteiger partial charge is 0.479 e. The summed E-state index contributed by atoms with van der Waals surface area (Å²) in [5, 5.41) is 29.2. The minimum atomic E-state index is -1.10. The van der Waals surface area contributed by atoms with Crippen LogP contribution in [0.4, 0.5) is 0 Å². The number of hydrogen-bond acceptors (Lipinski definition) is 6. The summed E-state index contributed by atoms with van der Waals surface area (Å²) in [5.74, 6) is 0. The summed E-state index contributed by atoms with van der Waals surface area (Å²) < 4.78 is 10.9. The quantitative estimate of drug-likeness (QED) is 0.241. The van der Waals surface area contributed by atoms with Gasteiger partial charge in [-0.05, 0) is 18.6 Å². The van der Waals surface area contributed by atoms with Gasteiger partial charge in [0.1, 0.15) is 18.3 Å². The van der Waals surface area contributed by atoms with Crippen LogP contribution in [0.2, 0.25) is 0 Å². The van der Waals surface area contributed by atoms with Crippen LogP contribution in [-0.2, 0) is 9.47 Å². The van der Waals surface area contributed by atoms with Crippen LogP contribution in [0.15, 0.2) is 0 Å². The summed E-state index contributed by atoms with van der Waals surface area (Å²) in [6.45, 7) is 2.00. The molecule has 5 nitrogen and oxygen atoms in total. The number of aliphatic hydroxyl groups is 3. The van der Waals surface area contributed by atoms with E-state index in [-0.39, 0.29) is 6.61 Å². The smallest absolute Gasteiger partial charge is 0.160 e. The Morgan fingerprint density at radius 2 is 1.46 bits per heavy atom. The summed E-state index contributed by atoms with van der Waals surface area (Å²) in [4.78, 5) is 0. The fourth-order valence-electron chi connectivity index (χ4n) is 3.68. The minimum Gasteiger partial charge on any atom is -0.479 e. The van der Waals surface area contributed by atoms with E-state index in [1.165, 1.54) is 70.6 Å². The molecular weight excluding hydrogens is 376 g/mol. The number of rotatable bonds is 17. The van der Waals surface area contributed by atoms with Crippen molar-refractivity contribution in [3.63, 3.8) is 0 Å². The zero-order chi connectivity index (χ0) is 20.6. The Bertz CT molecular complexity index is 393. The van der Waals surface area contributed by atoms with E-state index in [0.29, 0.717) is 11.5 Å². The van der Waals surface area contributed by atoms with Gasteiger partial charge in [0.2, 0.25) is 0 Å². The highest BCUT2D eigenvalue weighted by Crippen LogP contribution is 2.21. The van der Waals surface area contributed by atoms with E-state index in [2.05, 4.69) is 6.92 Å². The van der Waals surface area contributed by atoms with E-state index in [1.54, 1.807) is 0 Å². The van der Waals surface area contributed by atoms with Crippen molar-refractivity contribution in [3.05, 3.63) is 0 Å². The second-order valence-corrected chi connectivity index (χ2v) is 8.51. The molecule has 6 heteroatoms. The molecule has 0 bridgehead atoms. The lowest BCUT2D eigenvalue weighted by Crippen LogP contribution is -2.41. The van der Waals surface area contributed by atoms with Crippen molar-refractivity contribution in [2.75, 3.05) is 13.2 Å². The Kier molecular flexibility index (Phi) is 15.2. The molecule has 1 fully saturated rings. The van der Waals surface area contributed by atoms with E-state index in [1.807, 2.05) is 0 Å². The molecule has 1 saturated heterocycles. The number of ether oxygens (including phenoxy) is 2. The van der Waals surface area contributed by atoms with Crippen LogP contribution in [0.1, 0.15) is 96.8 Å².